The van der Waals surface area contributed by atoms with Crippen LogP contribution in [0.4, 0.5) is 5.13 Å². The van der Waals surface area contributed by atoms with Crippen LogP contribution in [-0.4, -0.2) is 40.7 Å². The summed E-state index contributed by atoms with van der Waals surface area (Å²) in [5.41, 5.74) is 1.41. The Morgan fingerprint density at radius 1 is 1.25 bits per heavy atom. The van der Waals surface area contributed by atoms with Crippen molar-refractivity contribution in [3.8, 4) is 11.3 Å². The largest absolute Gasteiger partial charge is 0.288 e. The quantitative estimate of drug-likeness (QED) is 0.599. The minimum Gasteiger partial charge on any atom is -0.288 e. The Morgan fingerprint density at radius 3 is 2.61 bits per heavy atom. The first-order valence-corrected chi connectivity index (χ1v) is 10.6. The zero-order chi connectivity index (χ0) is 20.3. The van der Waals surface area contributed by atoms with E-state index < -0.39 is 0 Å². The maximum absolute atomic E-state index is 12.8. The number of carbonyl (C=O) groups is 3. The molecule has 1 fully saturated rings. The summed E-state index contributed by atoms with van der Waals surface area (Å²) in [6.45, 7) is 2.58. The molecule has 28 heavy (non-hydrogen) atoms. The van der Waals surface area contributed by atoms with Gasteiger partial charge in [0.1, 0.15) is 0 Å². The molecule has 9 heteroatoms. The summed E-state index contributed by atoms with van der Waals surface area (Å²) in [5, 5.41) is 3.43. The Hall–Kier alpha value is -1.96. The first-order valence-electron chi connectivity index (χ1n) is 8.95. The molecule has 0 N–H and O–H groups in total. The first-order chi connectivity index (χ1) is 13.4. The Balaban J connectivity index is 1.75. The normalized spacial score (nSPS) is 14.0. The molecule has 1 aliphatic rings. The lowest BCUT2D eigenvalue weighted by Crippen LogP contribution is -2.37. The van der Waals surface area contributed by atoms with Gasteiger partial charge in [-0.1, -0.05) is 30.1 Å². The van der Waals surface area contributed by atoms with Gasteiger partial charge in [-0.05, 0) is 24.6 Å². The molecule has 1 aromatic carbocycles. The predicted molar refractivity (Wildman–Crippen MR) is 111 cm³/mol. The van der Waals surface area contributed by atoms with Crippen LogP contribution in [0.5, 0.6) is 0 Å². The molecular formula is C19H19Cl2N3O3S. The van der Waals surface area contributed by atoms with Crippen LogP contribution in [0.15, 0.2) is 23.6 Å². The Kier molecular flexibility index (Phi) is 6.69. The van der Waals surface area contributed by atoms with E-state index >= 15 is 0 Å². The first kappa shape index (κ1) is 20.8. The van der Waals surface area contributed by atoms with Gasteiger partial charge in [0.15, 0.2) is 5.13 Å². The Bertz CT molecular complexity index is 900. The molecule has 3 rings (SSSR count). The lowest BCUT2D eigenvalue weighted by molar-refractivity contribution is -0.138. The number of halogens is 2. The van der Waals surface area contributed by atoms with Crippen molar-refractivity contribution in [3.63, 3.8) is 0 Å². The van der Waals surface area contributed by atoms with Gasteiger partial charge >= 0.3 is 0 Å². The van der Waals surface area contributed by atoms with Crippen molar-refractivity contribution in [2.24, 2.45) is 0 Å². The van der Waals surface area contributed by atoms with Gasteiger partial charge in [0, 0.05) is 48.3 Å². The molecule has 1 saturated heterocycles. The van der Waals surface area contributed by atoms with Gasteiger partial charge in [0.25, 0.3) is 0 Å². The summed E-state index contributed by atoms with van der Waals surface area (Å²) in [4.78, 5) is 43.6. The number of hydrogen-bond donors (Lipinski definition) is 0. The number of anilines is 1. The lowest BCUT2D eigenvalue weighted by Gasteiger charge is -2.21. The molecule has 0 radical (unpaired) electrons. The SMILES string of the molecule is CCCN(C(=O)CCN1C(=O)CCC1=O)c1nc(-c2ccc(Cl)cc2Cl)cs1. The molecule has 2 heterocycles. The molecule has 0 saturated carbocycles. The van der Waals surface area contributed by atoms with Crippen molar-refractivity contribution in [2.45, 2.75) is 32.6 Å². The molecule has 0 atom stereocenters. The summed E-state index contributed by atoms with van der Waals surface area (Å²) in [5.74, 6) is -0.597. The van der Waals surface area contributed by atoms with Gasteiger partial charge in [0.05, 0.1) is 10.7 Å². The van der Waals surface area contributed by atoms with E-state index in [0.717, 1.165) is 12.0 Å². The summed E-state index contributed by atoms with van der Waals surface area (Å²) < 4.78 is 0. The molecule has 1 aliphatic heterocycles. The predicted octanol–water partition coefficient (Wildman–Crippen LogP) is 4.40. The van der Waals surface area contributed by atoms with E-state index in [-0.39, 0.29) is 43.5 Å². The van der Waals surface area contributed by atoms with Crippen LogP contribution in [-0.2, 0) is 14.4 Å². The summed E-state index contributed by atoms with van der Waals surface area (Å²) >= 11 is 13.5. The second kappa shape index (κ2) is 9.03. The van der Waals surface area contributed by atoms with Gasteiger partial charge in [-0.15, -0.1) is 11.3 Å². The average molecular weight is 440 g/mol. The second-order valence-corrected chi connectivity index (χ2v) is 8.05. The fraction of sp³-hybridized carbons (Fsp3) is 0.368. The number of hydrogen-bond acceptors (Lipinski definition) is 5. The minimum atomic E-state index is -0.214. The number of thiazole rings is 1. The summed E-state index contributed by atoms with van der Waals surface area (Å²) in [6.07, 6.45) is 1.28. The van der Waals surface area contributed by atoms with E-state index in [0.29, 0.717) is 27.4 Å². The standard InChI is InChI=1S/C19H19Cl2N3O3S/c1-2-8-24(18(27)7-9-23-16(25)5-6-17(23)26)19-22-15(11-28-19)13-4-3-12(20)10-14(13)21/h3-4,10-11H,2,5-9H2,1H3. The third kappa shape index (κ3) is 4.54. The van der Waals surface area contributed by atoms with Crippen molar-refractivity contribution in [1.82, 2.24) is 9.88 Å². The molecule has 148 valence electrons. The smallest absolute Gasteiger partial charge is 0.230 e. The van der Waals surface area contributed by atoms with Gasteiger partial charge in [-0.25, -0.2) is 4.98 Å². The number of nitrogens with zero attached hydrogens (tertiary/aromatic N) is 3. The summed E-state index contributed by atoms with van der Waals surface area (Å²) in [6, 6.07) is 5.18. The number of likely N-dealkylation sites (tertiary alicyclic amines) is 1. The molecule has 0 bridgehead atoms. The number of aromatic nitrogens is 1. The molecule has 0 aliphatic carbocycles. The zero-order valence-corrected chi connectivity index (χ0v) is 17.6. The van der Waals surface area contributed by atoms with E-state index in [2.05, 4.69) is 4.98 Å². The maximum atomic E-state index is 12.8. The van der Waals surface area contributed by atoms with Gasteiger partial charge in [-0.2, -0.15) is 0 Å². The van der Waals surface area contributed by atoms with Gasteiger partial charge in [-0.3, -0.25) is 24.2 Å². The molecule has 1 aromatic heterocycles. The van der Waals surface area contributed by atoms with Crippen molar-refractivity contribution in [2.75, 3.05) is 18.0 Å². The van der Waals surface area contributed by atoms with Crippen LogP contribution in [0.2, 0.25) is 10.0 Å². The van der Waals surface area contributed by atoms with Crippen LogP contribution >= 0.6 is 34.5 Å². The third-order valence-corrected chi connectivity index (χ3v) is 5.79. The Labute approximate surface area is 177 Å². The number of carbonyl (C=O) groups excluding carboxylic acids is 3. The van der Waals surface area contributed by atoms with Crippen LogP contribution in [0.3, 0.4) is 0 Å². The highest BCUT2D eigenvalue weighted by molar-refractivity contribution is 7.14. The third-order valence-electron chi connectivity index (χ3n) is 4.38. The van der Waals surface area contributed by atoms with Crippen LogP contribution < -0.4 is 4.90 Å². The second-order valence-electron chi connectivity index (χ2n) is 6.37. The number of imide groups is 1. The van der Waals surface area contributed by atoms with Crippen molar-refractivity contribution >= 4 is 57.4 Å². The van der Waals surface area contributed by atoms with Crippen molar-refractivity contribution in [1.29, 1.82) is 0 Å². The summed E-state index contributed by atoms with van der Waals surface area (Å²) in [7, 11) is 0. The van der Waals surface area contributed by atoms with E-state index in [1.807, 2.05) is 12.3 Å². The van der Waals surface area contributed by atoms with Gasteiger partial charge in [0.2, 0.25) is 17.7 Å². The van der Waals surface area contributed by atoms with Gasteiger partial charge < -0.3 is 0 Å². The van der Waals surface area contributed by atoms with E-state index in [9.17, 15) is 14.4 Å². The topological polar surface area (TPSA) is 70.6 Å². The average Bonchev–Trinajstić information content (AvgIpc) is 3.25. The molecular weight excluding hydrogens is 421 g/mol. The highest BCUT2D eigenvalue weighted by Crippen LogP contribution is 2.33. The molecule has 6 nitrogen and oxygen atoms in total. The number of benzene rings is 1. The monoisotopic (exact) mass is 439 g/mol. The van der Waals surface area contributed by atoms with Crippen LogP contribution in [0.1, 0.15) is 32.6 Å². The van der Waals surface area contributed by atoms with E-state index in [4.69, 9.17) is 23.2 Å². The minimum absolute atomic E-state index is 0.0775. The molecule has 0 unspecified atom stereocenters. The van der Waals surface area contributed by atoms with Crippen LogP contribution in [0.25, 0.3) is 11.3 Å². The zero-order valence-electron chi connectivity index (χ0n) is 15.3. The molecule has 0 spiro atoms. The van der Waals surface area contributed by atoms with E-state index in [1.165, 1.54) is 16.2 Å². The number of rotatable bonds is 7. The lowest BCUT2D eigenvalue weighted by atomic mass is 10.2. The van der Waals surface area contributed by atoms with Crippen LogP contribution in [0, 0.1) is 0 Å². The Morgan fingerprint density at radius 2 is 1.96 bits per heavy atom. The fourth-order valence-corrected chi connectivity index (χ4v) is 4.35. The highest BCUT2D eigenvalue weighted by atomic mass is 35.5. The van der Waals surface area contributed by atoms with E-state index in [1.54, 1.807) is 23.1 Å². The van der Waals surface area contributed by atoms with Crippen molar-refractivity contribution < 1.29 is 14.4 Å². The molecule has 2 aromatic rings. The molecule has 3 amide bonds. The highest BCUT2D eigenvalue weighted by Gasteiger charge is 2.30. The number of amides is 3. The fourth-order valence-electron chi connectivity index (χ4n) is 2.97. The maximum Gasteiger partial charge on any atom is 0.230 e. The van der Waals surface area contributed by atoms with Crippen molar-refractivity contribution in [3.05, 3.63) is 33.6 Å².